The second-order valence-electron chi connectivity index (χ2n) is 7.65. The first-order valence-corrected chi connectivity index (χ1v) is 9.59. The van der Waals surface area contributed by atoms with E-state index >= 15 is 0 Å². The van der Waals surface area contributed by atoms with Gasteiger partial charge < -0.3 is 19.5 Å². The number of carbonyl (C=O) groups excluding carboxylic acids is 2. The van der Waals surface area contributed by atoms with E-state index in [0.29, 0.717) is 25.2 Å². The van der Waals surface area contributed by atoms with Crippen molar-refractivity contribution in [2.75, 3.05) is 7.11 Å². The average Bonchev–Trinajstić information content (AvgIpc) is 2.69. The second kappa shape index (κ2) is 10.5. The van der Waals surface area contributed by atoms with Crippen molar-refractivity contribution in [1.82, 2.24) is 5.32 Å². The van der Waals surface area contributed by atoms with Gasteiger partial charge in [-0.25, -0.2) is 4.79 Å². The lowest BCUT2D eigenvalue weighted by Gasteiger charge is -2.20. The molecule has 0 aliphatic rings. The van der Waals surface area contributed by atoms with E-state index in [1.54, 1.807) is 0 Å². The van der Waals surface area contributed by atoms with Gasteiger partial charge in [-0.05, 0) is 44.4 Å². The minimum Gasteiger partial charge on any atom is -0.489 e. The monoisotopic (exact) mass is 399 g/mol. The van der Waals surface area contributed by atoms with Crippen molar-refractivity contribution >= 4 is 12.1 Å². The van der Waals surface area contributed by atoms with Gasteiger partial charge in [0.2, 0.25) is 0 Å². The van der Waals surface area contributed by atoms with Crippen molar-refractivity contribution in [3.05, 3.63) is 65.2 Å². The molecule has 29 heavy (non-hydrogen) atoms. The number of aryl methyl sites for hydroxylation is 1. The minimum atomic E-state index is -0.570. The van der Waals surface area contributed by atoms with E-state index in [1.165, 1.54) is 7.11 Å². The van der Waals surface area contributed by atoms with E-state index in [2.05, 4.69) is 5.32 Å². The van der Waals surface area contributed by atoms with Crippen molar-refractivity contribution in [3.63, 3.8) is 0 Å². The van der Waals surface area contributed by atoms with Crippen LogP contribution in [0.2, 0.25) is 0 Å². The highest BCUT2D eigenvalue weighted by Crippen LogP contribution is 2.23. The molecule has 0 spiro atoms. The number of ether oxygens (including phenoxy) is 3. The Morgan fingerprint density at radius 3 is 2.38 bits per heavy atom. The first kappa shape index (κ1) is 22.3. The smallest absolute Gasteiger partial charge is 0.407 e. The number of hydrogen-bond donors (Lipinski definition) is 1. The van der Waals surface area contributed by atoms with Gasteiger partial charge in [0.05, 0.1) is 7.11 Å². The van der Waals surface area contributed by atoms with Crippen molar-refractivity contribution in [2.45, 2.75) is 52.4 Å². The Labute approximate surface area is 172 Å². The van der Waals surface area contributed by atoms with E-state index in [-0.39, 0.29) is 12.5 Å². The van der Waals surface area contributed by atoms with Gasteiger partial charge in [-0.2, -0.15) is 0 Å². The molecule has 156 valence electrons. The Balaban J connectivity index is 2.10. The van der Waals surface area contributed by atoms with Crippen molar-refractivity contribution in [3.8, 4) is 5.75 Å². The van der Waals surface area contributed by atoms with Crippen LogP contribution in [-0.2, 0) is 33.8 Å². The lowest BCUT2D eigenvalue weighted by molar-refractivity contribution is -0.140. The molecule has 0 radical (unpaired) electrons. The molecule has 0 unspecified atom stereocenters. The van der Waals surface area contributed by atoms with Crippen molar-refractivity contribution in [1.29, 1.82) is 0 Å². The first-order valence-electron chi connectivity index (χ1n) is 9.59. The molecule has 6 nitrogen and oxygen atoms in total. The summed E-state index contributed by atoms with van der Waals surface area (Å²) in [5, 5.41) is 2.76. The largest absolute Gasteiger partial charge is 0.489 e. The van der Waals surface area contributed by atoms with Gasteiger partial charge in [0.1, 0.15) is 18.0 Å². The molecule has 0 heterocycles. The maximum atomic E-state index is 12.0. The molecular formula is C23H29NO5. The lowest BCUT2D eigenvalue weighted by atomic mass is 10.1. The van der Waals surface area contributed by atoms with E-state index in [1.807, 2.05) is 69.3 Å². The number of hydrogen-bond acceptors (Lipinski definition) is 5. The molecule has 1 amide bonds. The van der Waals surface area contributed by atoms with Crippen LogP contribution in [-0.4, -0.2) is 24.8 Å². The van der Waals surface area contributed by atoms with Gasteiger partial charge in [0, 0.05) is 18.5 Å². The number of rotatable bonds is 8. The summed E-state index contributed by atoms with van der Waals surface area (Å²) in [6.45, 7) is 6.12. The van der Waals surface area contributed by atoms with Crippen LogP contribution in [0.3, 0.4) is 0 Å². The zero-order chi connectivity index (χ0) is 21.3. The molecule has 1 N–H and O–H groups in total. The number of amides is 1. The molecule has 2 aromatic rings. The minimum absolute atomic E-state index is 0.255. The highest BCUT2D eigenvalue weighted by Gasteiger charge is 2.16. The van der Waals surface area contributed by atoms with Crippen molar-refractivity contribution in [2.24, 2.45) is 0 Å². The molecule has 0 aliphatic heterocycles. The fourth-order valence-corrected chi connectivity index (χ4v) is 2.63. The predicted octanol–water partition coefficient (Wildman–Crippen LogP) is 4.40. The summed E-state index contributed by atoms with van der Waals surface area (Å²) in [6.07, 6.45) is 0.344. The number of alkyl carbamates (subject to hydrolysis) is 1. The Bertz CT molecular complexity index is 812. The standard InChI is InChI=1S/C23H29NO5/c1-23(2,3)29-22(26)24-15-19-14-17(11-13-21(25)27-4)10-12-20(19)28-16-18-8-6-5-7-9-18/h5-10,12,14H,11,13,15-16H2,1-4H3,(H,24,26). The highest BCUT2D eigenvalue weighted by atomic mass is 16.6. The molecule has 0 saturated heterocycles. The predicted molar refractivity (Wildman–Crippen MR) is 111 cm³/mol. The van der Waals surface area contributed by atoms with Gasteiger partial charge >= 0.3 is 12.1 Å². The fraction of sp³-hybridized carbons (Fsp3) is 0.391. The van der Waals surface area contributed by atoms with Gasteiger partial charge in [-0.3, -0.25) is 4.79 Å². The van der Waals surface area contributed by atoms with Crippen LogP contribution in [0.25, 0.3) is 0 Å². The molecule has 0 bridgehead atoms. The van der Waals surface area contributed by atoms with Crippen molar-refractivity contribution < 1.29 is 23.8 Å². The number of nitrogens with one attached hydrogen (secondary N) is 1. The molecule has 2 aromatic carbocycles. The van der Waals surface area contributed by atoms with Crippen LogP contribution in [0.4, 0.5) is 4.79 Å². The number of carbonyl (C=O) groups is 2. The van der Waals surface area contributed by atoms with E-state index < -0.39 is 11.7 Å². The average molecular weight is 399 g/mol. The van der Waals surface area contributed by atoms with Gasteiger partial charge in [-0.15, -0.1) is 0 Å². The summed E-state index contributed by atoms with van der Waals surface area (Å²) in [5.41, 5.74) is 2.25. The Hall–Kier alpha value is -3.02. The Morgan fingerprint density at radius 1 is 1.00 bits per heavy atom. The molecule has 6 heteroatoms. The topological polar surface area (TPSA) is 73.9 Å². The summed E-state index contributed by atoms with van der Waals surface area (Å²) in [4.78, 5) is 23.4. The van der Waals surface area contributed by atoms with E-state index in [9.17, 15) is 9.59 Å². The maximum absolute atomic E-state index is 12.0. The molecule has 0 fully saturated rings. The zero-order valence-corrected chi connectivity index (χ0v) is 17.5. The molecule has 0 saturated carbocycles. The summed E-state index contributed by atoms with van der Waals surface area (Å²) in [5.74, 6) is 0.412. The summed E-state index contributed by atoms with van der Waals surface area (Å²) < 4.78 is 16.0. The molecule has 2 rings (SSSR count). The maximum Gasteiger partial charge on any atom is 0.407 e. The summed E-state index contributed by atoms with van der Waals surface area (Å²) >= 11 is 0. The first-order chi connectivity index (χ1) is 13.8. The van der Waals surface area contributed by atoms with Crippen LogP contribution < -0.4 is 10.1 Å². The molecule has 0 aromatic heterocycles. The molecule has 0 atom stereocenters. The number of esters is 1. The third-order valence-electron chi connectivity index (χ3n) is 4.03. The van der Waals surface area contributed by atoms with Crippen LogP contribution in [0.5, 0.6) is 5.75 Å². The number of benzene rings is 2. The Morgan fingerprint density at radius 2 is 1.72 bits per heavy atom. The summed E-state index contributed by atoms with van der Waals surface area (Å²) in [6, 6.07) is 15.6. The van der Waals surface area contributed by atoms with Gasteiger partial charge in [0.25, 0.3) is 0 Å². The van der Waals surface area contributed by atoms with Gasteiger partial charge in [-0.1, -0.05) is 42.5 Å². The van der Waals surface area contributed by atoms with E-state index in [0.717, 1.165) is 16.7 Å². The summed E-state index contributed by atoms with van der Waals surface area (Å²) in [7, 11) is 1.37. The van der Waals surface area contributed by atoms with Gasteiger partial charge in [0.15, 0.2) is 0 Å². The molecule has 0 aliphatic carbocycles. The van der Waals surface area contributed by atoms with Crippen LogP contribution in [0.15, 0.2) is 48.5 Å². The third kappa shape index (κ3) is 8.25. The second-order valence-corrected chi connectivity index (χ2v) is 7.65. The zero-order valence-electron chi connectivity index (χ0n) is 17.5. The third-order valence-corrected chi connectivity index (χ3v) is 4.03. The Kier molecular flexibility index (Phi) is 8.07. The fourth-order valence-electron chi connectivity index (χ4n) is 2.63. The van der Waals surface area contributed by atoms with Crippen LogP contribution >= 0.6 is 0 Å². The highest BCUT2D eigenvalue weighted by molar-refractivity contribution is 5.69. The quantitative estimate of drug-likeness (QED) is 0.666. The molecular weight excluding hydrogens is 370 g/mol. The SMILES string of the molecule is COC(=O)CCc1ccc(OCc2ccccc2)c(CNC(=O)OC(C)(C)C)c1. The van der Waals surface area contributed by atoms with Crippen LogP contribution in [0, 0.1) is 0 Å². The van der Waals surface area contributed by atoms with E-state index in [4.69, 9.17) is 14.2 Å². The van der Waals surface area contributed by atoms with Crippen LogP contribution in [0.1, 0.15) is 43.9 Å². The normalized spacial score (nSPS) is 10.9. The lowest BCUT2D eigenvalue weighted by Crippen LogP contribution is -2.32. The number of methoxy groups -OCH3 is 1.